The second kappa shape index (κ2) is 11.0. The first kappa shape index (κ1) is 23.6. The van der Waals surface area contributed by atoms with E-state index in [2.05, 4.69) is 64.3 Å². The Morgan fingerprint density at radius 1 is 0.971 bits per heavy atom. The fourth-order valence-corrected chi connectivity index (χ4v) is 4.32. The van der Waals surface area contributed by atoms with Gasteiger partial charge in [-0.25, -0.2) is 0 Å². The number of para-hydroxylation sites is 2. The van der Waals surface area contributed by atoms with Gasteiger partial charge in [0, 0.05) is 49.1 Å². The van der Waals surface area contributed by atoms with Crippen molar-refractivity contribution in [2.45, 2.75) is 25.8 Å². The number of amides is 1. The van der Waals surface area contributed by atoms with Gasteiger partial charge in [-0.3, -0.25) is 4.79 Å². The van der Waals surface area contributed by atoms with Gasteiger partial charge in [0.25, 0.3) is 0 Å². The zero-order valence-electron chi connectivity index (χ0n) is 20.2. The number of hydrogen-bond acceptors (Lipinski definition) is 3. The zero-order valence-corrected chi connectivity index (χ0v) is 20.2. The van der Waals surface area contributed by atoms with Crippen molar-refractivity contribution in [3.63, 3.8) is 0 Å². The van der Waals surface area contributed by atoms with Crippen molar-refractivity contribution in [3.05, 3.63) is 96.2 Å². The number of ether oxygens (including phenoxy) is 1. The van der Waals surface area contributed by atoms with Gasteiger partial charge in [0.05, 0.1) is 0 Å². The largest absolute Gasteiger partial charge is 0.457 e. The van der Waals surface area contributed by atoms with E-state index in [1.54, 1.807) is 0 Å². The lowest BCUT2D eigenvalue weighted by atomic mass is 9.88. The molecule has 5 nitrogen and oxygen atoms in total. The molecule has 0 fully saturated rings. The van der Waals surface area contributed by atoms with E-state index in [9.17, 15) is 4.79 Å². The number of aromatic nitrogens is 1. The van der Waals surface area contributed by atoms with Gasteiger partial charge < -0.3 is 19.5 Å². The molecule has 5 heteroatoms. The lowest BCUT2D eigenvalue weighted by molar-refractivity contribution is -0.121. The van der Waals surface area contributed by atoms with Crippen LogP contribution >= 0.6 is 0 Å². The normalized spacial score (nSPS) is 12.1. The van der Waals surface area contributed by atoms with E-state index in [4.69, 9.17) is 4.74 Å². The second-order valence-electron chi connectivity index (χ2n) is 8.79. The average Bonchev–Trinajstić information content (AvgIpc) is 3.22. The molecule has 0 aliphatic rings. The Hall–Kier alpha value is -3.57. The third-order valence-corrected chi connectivity index (χ3v) is 6.05. The maximum atomic E-state index is 13.0. The smallest absolute Gasteiger partial charge is 0.220 e. The first-order valence-electron chi connectivity index (χ1n) is 11.9. The van der Waals surface area contributed by atoms with Crippen LogP contribution in [-0.2, 0) is 11.3 Å². The summed E-state index contributed by atoms with van der Waals surface area (Å²) in [5.41, 5.74) is 3.42. The van der Waals surface area contributed by atoms with E-state index < -0.39 is 0 Å². The van der Waals surface area contributed by atoms with E-state index in [0.29, 0.717) is 13.0 Å². The standard InChI is InChI=1S/C29H33N3O2/c1-4-32-21-27(25-15-8-9-16-28(25)32)26(20-29(33)30-17-18-31(2)3)22-11-10-14-24(19-22)34-23-12-6-5-7-13-23/h5-16,19,21,26H,4,17-18,20H2,1-3H3,(H,30,33)/t26-/m1/s1. The maximum Gasteiger partial charge on any atom is 0.220 e. The molecule has 0 bridgehead atoms. The van der Waals surface area contributed by atoms with Gasteiger partial charge in [-0.1, -0.05) is 48.5 Å². The molecule has 1 amide bonds. The maximum absolute atomic E-state index is 13.0. The molecule has 1 heterocycles. The summed E-state index contributed by atoms with van der Waals surface area (Å²) in [6.07, 6.45) is 2.58. The summed E-state index contributed by atoms with van der Waals surface area (Å²) in [4.78, 5) is 15.1. The van der Waals surface area contributed by atoms with Crippen molar-refractivity contribution in [2.75, 3.05) is 27.2 Å². The molecule has 4 aromatic rings. The molecule has 1 aromatic heterocycles. The lowest BCUT2D eigenvalue weighted by Crippen LogP contribution is -2.32. The van der Waals surface area contributed by atoms with E-state index in [0.717, 1.165) is 35.7 Å². The summed E-state index contributed by atoms with van der Waals surface area (Å²) in [5, 5.41) is 4.27. The van der Waals surface area contributed by atoms with Crippen LogP contribution in [0.3, 0.4) is 0 Å². The molecule has 3 aromatic carbocycles. The number of carbonyl (C=O) groups excluding carboxylic acids is 1. The summed E-state index contributed by atoms with van der Waals surface area (Å²) in [6.45, 7) is 4.46. The number of carbonyl (C=O) groups is 1. The number of likely N-dealkylation sites (N-methyl/N-ethyl adjacent to an activating group) is 1. The van der Waals surface area contributed by atoms with Crippen LogP contribution in [0.5, 0.6) is 11.5 Å². The predicted octanol–water partition coefficient (Wildman–Crippen LogP) is 5.65. The fourth-order valence-electron chi connectivity index (χ4n) is 4.32. The van der Waals surface area contributed by atoms with Crippen molar-refractivity contribution < 1.29 is 9.53 Å². The molecular formula is C29H33N3O2. The van der Waals surface area contributed by atoms with Crippen molar-refractivity contribution in [3.8, 4) is 11.5 Å². The van der Waals surface area contributed by atoms with Crippen LogP contribution in [0.25, 0.3) is 10.9 Å². The van der Waals surface area contributed by atoms with E-state index in [-0.39, 0.29) is 11.8 Å². The quantitative estimate of drug-likeness (QED) is 0.336. The number of nitrogens with one attached hydrogen (secondary N) is 1. The van der Waals surface area contributed by atoms with Gasteiger partial charge >= 0.3 is 0 Å². The summed E-state index contributed by atoms with van der Waals surface area (Å²) in [5.74, 6) is 1.52. The van der Waals surface area contributed by atoms with Crippen LogP contribution in [0.1, 0.15) is 30.4 Å². The Morgan fingerprint density at radius 3 is 2.47 bits per heavy atom. The highest BCUT2D eigenvalue weighted by atomic mass is 16.5. The van der Waals surface area contributed by atoms with E-state index >= 15 is 0 Å². The predicted molar refractivity (Wildman–Crippen MR) is 139 cm³/mol. The highest BCUT2D eigenvalue weighted by molar-refractivity contribution is 5.86. The summed E-state index contributed by atoms with van der Waals surface area (Å²) >= 11 is 0. The molecule has 0 radical (unpaired) electrons. The number of benzene rings is 3. The Kier molecular flexibility index (Phi) is 7.65. The van der Waals surface area contributed by atoms with Crippen molar-refractivity contribution in [2.24, 2.45) is 0 Å². The molecule has 0 saturated carbocycles. The average molecular weight is 456 g/mol. The van der Waals surface area contributed by atoms with Crippen LogP contribution in [0.15, 0.2) is 85.1 Å². The Morgan fingerprint density at radius 2 is 1.71 bits per heavy atom. The van der Waals surface area contributed by atoms with Gasteiger partial charge in [-0.05, 0) is 62.5 Å². The van der Waals surface area contributed by atoms with Crippen molar-refractivity contribution in [1.29, 1.82) is 0 Å². The van der Waals surface area contributed by atoms with Gasteiger partial charge in [0.15, 0.2) is 0 Å². The molecular weight excluding hydrogens is 422 g/mol. The van der Waals surface area contributed by atoms with Gasteiger partial charge in [-0.2, -0.15) is 0 Å². The van der Waals surface area contributed by atoms with Gasteiger partial charge in [-0.15, -0.1) is 0 Å². The Balaban J connectivity index is 1.69. The molecule has 1 atom stereocenters. The molecule has 0 spiro atoms. The van der Waals surface area contributed by atoms with Crippen molar-refractivity contribution >= 4 is 16.8 Å². The molecule has 34 heavy (non-hydrogen) atoms. The number of rotatable bonds is 10. The molecule has 0 unspecified atom stereocenters. The second-order valence-corrected chi connectivity index (χ2v) is 8.79. The Bertz CT molecular complexity index is 1230. The van der Waals surface area contributed by atoms with Crippen LogP contribution < -0.4 is 10.1 Å². The third kappa shape index (κ3) is 5.67. The molecule has 0 aliphatic heterocycles. The van der Waals surface area contributed by atoms with Crippen molar-refractivity contribution in [1.82, 2.24) is 14.8 Å². The number of fused-ring (bicyclic) bond motifs is 1. The SMILES string of the molecule is CCn1cc([C@H](CC(=O)NCCN(C)C)c2cccc(Oc3ccccc3)c2)c2ccccc21. The zero-order chi connectivity index (χ0) is 23.9. The minimum Gasteiger partial charge on any atom is -0.457 e. The molecule has 176 valence electrons. The summed E-state index contributed by atoms with van der Waals surface area (Å²) in [7, 11) is 4.01. The monoisotopic (exact) mass is 455 g/mol. The highest BCUT2D eigenvalue weighted by Crippen LogP contribution is 2.36. The minimum absolute atomic E-state index is 0.0505. The first-order valence-corrected chi connectivity index (χ1v) is 11.9. The minimum atomic E-state index is -0.0867. The van der Waals surface area contributed by atoms with Crippen LogP contribution in [0.2, 0.25) is 0 Å². The van der Waals surface area contributed by atoms with Crippen LogP contribution in [-0.4, -0.2) is 42.6 Å². The fraction of sp³-hybridized carbons (Fsp3) is 0.276. The molecule has 4 rings (SSSR count). The number of nitrogens with zero attached hydrogens (tertiary/aromatic N) is 2. The van der Waals surface area contributed by atoms with Crippen LogP contribution in [0, 0.1) is 0 Å². The highest BCUT2D eigenvalue weighted by Gasteiger charge is 2.23. The lowest BCUT2D eigenvalue weighted by Gasteiger charge is -2.19. The molecule has 0 saturated heterocycles. The molecule has 0 aliphatic carbocycles. The van der Waals surface area contributed by atoms with E-state index in [1.807, 2.05) is 56.6 Å². The van der Waals surface area contributed by atoms with Gasteiger partial charge in [0.2, 0.25) is 5.91 Å². The first-order chi connectivity index (χ1) is 16.5. The third-order valence-electron chi connectivity index (χ3n) is 6.05. The Labute approximate surface area is 202 Å². The number of aryl methyl sites for hydroxylation is 1. The van der Waals surface area contributed by atoms with Gasteiger partial charge in [0.1, 0.15) is 11.5 Å². The van der Waals surface area contributed by atoms with Crippen LogP contribution in [0.4, 0.5) is 0 Å². The van der Waals surface area contributed by atoms with E-state index in [1.165, 1.54) is 10.9 Å². The topological polar surface area (TPSA) is 46.5 Å². The number of hydrogen-bond donors (Lipinski definition) is 1. The summed E-state index contributed by atoms with van der Waals surface area (Å²) < 4.78 is 8.36. The molecule has 1 N–H and O–H groups in total. The summed E-state index contributed by atoms with van der Waals surface area (Å²) in [6, 6.07) is 26.3.